The minimum absolute atomic E-state index is 0.0728. The largest absolute Gasteiger partial charge is 0.392 e. The first-order valence-corrected chi connectivity index (χ1v) is 10.6. The fraction of sp³-hybridized carbons (Fsp3) is 0.435. The van der Waals surface area contributed by atoms with Crippen molar-refractivity contribution in [3.63, 3.8) is 0 Å². The molecule has 1 aliphatic rings. The van der Waals surface area contributed by atoms with Gasteiger partial charge in [0.2, 0.25) is 5.95 Å². The number of pyridine rings is 1. The van der Waals surface area contributed by atoms with Crippen LogP contribution >= 0.6 is 0 Å². The van der Waals surface area contributed by atoms with Gasteiger partial charge in [0.1, 0.15) is 11.5 Å². The molecular weight excluding hydrogens is 383 g/mol. The van der Waals surface area contributed by atoms with Gasteiger partial charge in [-0.25, -0.2) is 9.37 Å². The van der Waals surface area contributed by atoms with Gasteiger partial charge < -0.3 is 10.4 Å². The average molecular weight is 410 g/mol. The molecule has 1 saturated carbocycles. The molecule has 1 fully saturated rings. The standard InChI is InChI=1S/C23H27FN4O2/c1-14-12-16(24)8-9-18(14)21-19-10-11-20(30)28(17-6-4-3-5-7-17)22(19)27-23(26-21)25-13-15(2)29/h8-12,15,17,29H,3-7,13H2,1-2H3,(H,25,26,27)/t15-/m0/s1. The molecule has 158 valence electrons. The summed E-state index contributed by atoms with van der Waals surface area (Å²) in [7, 11) is 0. The number of hydrogen-bond acceptors (Lipinski definition) is 5. The first-order valence-electron chi connectivity index (χ1n) is 10.6. The minimum Gasteiger partial charge on any atom is -0.392 e. The summed E-state index contributed by atoms with van der Waals surface area (Å²) in [6.07, 6.45) is 4.70. The second-order valence-electron chi connectivity index (χ2n) is 8.16. The molecule has 0 bridgehead atoms. The number of hydrogen-bond donors (Lipinski definition) is 2. The molecule has 3 aromatic rings. The number of aryl methyl sites for hydroxylation is 1. The Labute approximate surface area is 174 Å². The molecule has 0 aliphatic heterocycles. The maximum Gasteiger partial charge on any atom is 0.252 e. The average Bonchev–Trinajstić information content (AvgIpc) is 2.72. The maximum absolute atomic E-state index is 13.7. The van der Waals surface area contributed by atoms with E-state index in [9.17, 15) is 14.3 Å². The third kappa shape index (κ3) is 4.07. The van der Waals surface area contributed by atoms with Crippen molar-refractivity contribution >= 4 is 17.0 Å². The summed E-state index contributed by atoms with van der Waals surface area (Å²) < 4.78 is 15.5. The van der Waals surface area contributed by atoms with Crippen LogP contribution in [0.3, 0.4) is 0 Å². The lowest BCUT2D eigenvalue weighted by atomic mass is 9.95. The number of fused-ring (bicyclic) bond motifs is 1. The van der Waals surface area contributed by atoms with Crippen LogP contribution in [0.5, 0.6) is 0 Å². The number of aliphatic hydroxyl groups excluding tert-OH is 1. The molecule has 0 spiro atoms. The lowest BCUT2D eigenvalue weighted by molar-refractivity contribution is 0.208. The predicted octanol–water partition coefficient (Wildman–Crippen LogP) is 4.20. The Hall–Kier alpha value is -2.80. The molecule has 0 unspecified atom stereocenters. The van der Waals surface area contributed by atoms with E-state index in [1.165, 1.54) is 18.6 Å². The molecule has 0 radical (unpaired) electrons. The van der Waals surface area contributed by atoms with Crippen molar-refractivity contribution in [3.8, 4) is 11.3 Å². The summed E-state index contributed by atoms with van der Waals surface area (Å²) in [5.74, 6) is 0.0402. The predicted molar refractivity (Wildman–Crippen MR) is 116 cm³/mol. The highest BCUT2D eigenvalue weighted by molar-refractivity contribution is 5.92. The topological polar surface area (TPSA) is 80.0 Å². The van der Waals surface area contributed by atoms with Crippen molar-refractivity contribution in [3.05, 3.63) is 52.1 Å². The van der Waals surface area contributed by atoms with Gasteiger partial charge in [-0.15, -0.1) is 0 Å². The third-order valence-corrected chi connectivity index (χ3v) is 5.72. The molecule has 0 saturated heterocycles. The lowest BCUT2D eigenvalue weighted by Gasteiger charge is -2.25. The molecule has 2 N–H and O–H groups in total. The second kappa shape index (κ2) is 8.52. The van der Waals surface area contributed by atoms with E-state index in [-0.39, 0.29) is 24.0 Å². The highest BCUT2D eigenvalue weighted by Gasteiger charge is 2.22. The van der Waals surface area contributed by atoms with Crippen molar-refractivity contribution in [1.29, 1.82) is 0 Å². The van der Waals surface area contributed by atoms with Crippen LogP contribution in [0.25, 0.3) is 22.3 Å². The lowest BCUT2D eigenvalue weighted by Crippen LogP contribution is -2.27. The van der Waals surface area contributed by atoms with Crippen molar-refractivity contribution < 1.29 is 9.50 Å². The molecular formula is C23H27FN4O2. The Morgan fingerprint density at radius 2 is 1.97 bits per heavy atom. The van der Waals surface area contributed by atoms with Crippen LogP contribution in [-0.2, 0) is 0 Å². The maximum atomic E-state index is 13.7. The Morgan fingerprint density at radius 3 is 2.67 bits per heavy atom. The summed E-state index contributed by atoms with van der Waals surface area (Å²) in [4.78, 5) is 22.2. The van der Waals surface area contributed by atoms with E-state index in [0.29, 0.717) is 17.3 Å². The molecule has 7 heteroatoms. The van der Waals surface area contributed by atoms with Crippen LogP contribution in [0.4, 0.5) is 10.3 Å². The van der Waals surface area contributed by atoms with Gasteiger partial charge in [-0.1, -0.05) is 19.3 Å². The molecule has 0 amide bonds. The number of aliphatic hydroxyl groups is 1. The van der Waals surface area contributed by atoms with Gasteiger partial charge in [-0.3, -0.25) is 9.36 Å². The molecule has 6 nitrogen and oxygen atoms in total. The van der Waals surface area contributed by atoms with Crippen molar-refractivity contribution in [2.45, 2.75) is 58.1 Å². The van der Waals surface area contributed by atoms with E-state index in [0.717, 1.165) is 42.2 Å². The number of halogens is 1. The van der Waals surface area contributed by atoms with Gasteiger partial charge in [-0.2, -0.15) is 4.98 Å². The molecule has 1 aliphatic carbocycles. The highest BCUT2D eigenvalue weighted by Crippen LogP contribution is 2.33. The van der Waals surface area contributed by atoms with E-state index in [2.05, 4.69) is 15.3 Å². The number of aromatic nitrogens is 3. The molecule has 2 aromatic heterocycles. The normalized spacial score (nSPS) is 16.0. The van der Waals surface area contributed by atoms with Crippen LogP contribution in [0.15, 0.2) is 35.1 Å². The summed E-state index contributed by atoms with van der Waals surface area (Å²) in [5, 5.41) is 13.5. The van der Waals surface area contributed by atoms with Crippen molar-refractivity contribution in [1.82, 2.24) is 14.5 Å². The zero-order valence-electron chi connectivity index (χ0n) is 17.4. The molecule has 30 heavy (non-hydrogen) atoms. The quantitative estimate of drug-likeness (QED) is 0.659. The molecule has 1 aromatic carbocycles. The zero-order valence-corrected chi connectivity index (χ0v) is 17.4. The SMILES string of the molecule is Cc1cc(F)ccc1-c1nc(NC[C@H](C)O)nc2c1ccc(=O)n2C1CCCCC1. The van der Waals surface area contributed by atoms with E-state index in [1.54, 1.807) is 29.7 Å². The van der Waals surface area contributed by atoms with Gasteiger partial charge in [0.05, 0.1) is 11.8 Å². The van der Waals surface area contributed by atoms with E-state index >= 15 is 0 Å². The first kappa shape index (κ1) is 20.5. The van der Waals surface area contributed by atoms with Gasteiger partial charge in [0, 0.05) is 29.6 Å². The number of nitrogens with zero attached hydrogens (tertiary/aromatic N) is 3. The number of rotatable bonds is 5. The van der Waals surface area contributed by atoms with Crippen LogP contribution in [-0.4, -0.2) is 32.3 Å². The van der Waals surface area contributed by atoms with E-state index < -0.39 is 6.10 Å². The van der Waals surface area contributed by atoms with Gasteiger partial charge >= 0.3 is 0 Å². The van der Waals surface area contributed by atoms with Crippen LogP contribution in [0, 0.1) is 12.7 Å². The number of benzene rings is 1. The van der Waals surface area contributed by atoms with Crippen molar-refractivity contribution in [2.24, 2.45) is 0 Å². The third-order valence-electron chi connectivity index (χ3n) is 5.72. The number of nitrogens with one attached hydrogen (secondary N) is 1. The zero-order chi connectivity index (χ0) is 21.3. The van der Waals surface area contributed by atoms with E-state index in [1.807, 2.05) is 6.92 Å². The Kier molecular flexibility index (Phi) is 5.81. The molecule has 4 rings (SSSR count). The smallest absolute Gasteiger partial charge is 0.252 e. The van der Waals surface area contributed by atoms with Crippen LogP contribution in [0.1, 0.15) is 50.6 Å². The van der Waals surface area contributed by atoms with Crippen molar-refractivity contribution in [2.75, 3.05) is 11.9 Å². The van der Waals surface area contributed by atoms with Gasteiger partial charge in [0.25, 0.3) is 5.56 Å². The fourth-order valence-electron chi connectivity index (χ4n) is 4.24. The fourth-order valence-corrected chi connectivity index (χ4v) is 4.24. The summed E-state index contributed by atoms with van der Waals surface area (Å²) in [6.45, 7) is 3.80. The summed E-state index contributed by atoms with van der Waals surface area (Å²) >= 11 is 0. The minimum atomic E-state index is -0.573. The van der Waals surface area contributed by atoms with E-state index in [4.69, 9.17) is 0 Å². The Morgan fingerprint density at radius 1 is 1.20 bits per heavy atom. The second-order valence-corrected chi connectivity index (χ2v) is 8.16. The van der Waals surface area contributed by atoms with Crippen LogP contribution < -0.4 is 10.9 Å². The highest BCUT2D eigenvalue weighted by atomic mass is 19.1. The first-order chi connectivity index (χ1) is 14.4. The Bertz CT molecular complexity index is 1120. The molecule has 2 heterocycles. The monoisotopic (exact) mass is 410 g/mol. The summed E-state index contributed by atoms with van der Waals surface area (Å²) in [5.41, 5.74) is 2.70. The van der Waals surface area contributed by atoms with Crippen LogP contribution in [0.2, 0.25) is 0 Å². The van der Waals surface area contributed by atoms with Gasteiger partial charge in [0.15, 0.2) is 0 Å². The summed E-state index contributed by atoms with van der Waals surface area (Å²) in [6, 6.07) is 8.04. The number of anilines is 1. The van der Waals surface area contributed by atoms with Gasteiger partial charge in [-0.05, 0) is 56.5 Å². The molecule has 1 atom stereocenters. The Balaban J connectivity index is 1.96.